The third-order valence-corrected chi connectivity index (χ3v) is 4.36. The minimum Gasteiger partial charge on any atom is -0.380 e. The van der Waals surface area contributed by atoms with E-state index in [1.807, 2.05) is 0 Å². The third kappa shape index (κ3) is 3.66. The van der Waals surface area contributed by atoms with E-state index in [2.05, 4.69) is 42.3 Å². The van der Waals surface area contributed by atoms with E-state index in [-0.39, 0.29) is 6.04 Å². The normalized spacial score (nSPS) is 21.0. The predicted octanol–water partition coefficient (Wildman–Crippen LogP) is 3.63. The number of hydrogen-bond donors (Lipinski definition) is 1. The van der Waals surface area contributed by atoms with Crippen LogP contribution in [-0.2, 0) is 4.74 Å². The summed E-state index contributed by atoms with van der Waals surface area (Å²) in [4.78, 5) is 2.37. The molecule has 1 aromatic rings. The molecule has 1 fully saturated rings. The topological polar surface area (TPSA) is 24.5 Å². The quantitative estimate of drug-likeness (QED) is 0.898. The number of rotatable bonds is 5. The van der Waals surface area contributed by atoms with Gasteiger partial charge < -0.3 is 15.0 Å². The zero-order valence-electron chi connectivity index (χ0n) is 12.7. The molecule has 2 unspecified atom stereocenters. The first kappa shape index (κ1) is 15.6. The van der Waals surface area contributed by atoms with Crippen LogP contribution in [0, 0.1) is 0 Å². The number of ether oxygens (including phenoxy) is 1. The summed E-state index contributed by atoms with van der Waals surface area (Å²) < 4.78 is 5.48. The van der Waals surface area contributed by atoms with Gasteiger partial charge in [0.2, 0.25) is 0 Å². The third-order valence-electron chi connectivity index (χ3n) is 4.04. The monoisotopic (exact) mass is 296 g/mol. The van der Waals surface area contributed by atoms with E-state index in [0.717, 1.165) is 36.6 Å². The summed E-state index contributed by atoms with van der Waals surface area (Å²) in [6.07, 6.45) is 2.66. The number of hydrogen-bond acceptors (Lipinski definition) is 3. The molecule has 112 valence electrons. The molecular weight excluding hydrogens is 272 g/mol. The number of benzene rings is 1. The molecule has 4 heteroatoms. The zero-order valence-corrected chi connectivity index (χ0v) is 13.4. The van der Waals surface area contributed by atoms with Gasteiger partial charge in [0.25, 0.3) is 0 Å². The summed E-state index contributed by atoms with van der Waals surface area (Å²) in [5, 5.41) is 4.24. The average molecular weight is 297 g/mol. The number of anilines is 1. The molecule has 20 heavy (non-hydrogen) atoms. The van der Waals surface area contributed by atoms with Crippen LogP contribution in [0.15, 0.2) is 18.2 Å². The molecule has 0 bridgehead atoms. The first-order chi connectivity index (χ1) is 9.65. The molecule has 0 saturated carbocycles. The lowest BCUT2D eigenvalue weighted by atomic mass is 10.0. The molecule has 1 aromatic carbocycles. The minimum absolute atomic E-state index is 0.287. The van der Waals surface area contributed by atoms with Crippen LogP contribution in [0.1, 0.15) is 38.3 Å². The van der Waals surface area contributed by atoms with E-state index in [1.54, 1.807) is 7.11 Å². The van der Waals surface area contributed by atoms with E-state index in [1.165, 1.54) is 12.1 Å². The van der Waals surface area contributed by atoms with Crippen molar-refractivity contribution in [3.8, 4) is 0 Å². The van der Waals surface area contributed by atoms with Crippen LogP contribution in [0.4, 0.5) is 5.69 Å². The van der Waals surface area contributed by atoms with Gasteiger partial charge >= 0.3 is 0 Å². The standard InChI is InChI=1S/C16H25ClN2O/c1-4-18-12(2)15-8-7-13(10-16(15)17)19-9-5-6-14(11-19)20-3/h7-8,10,12,14,18H,4-6,9,11H2,1-3H3. The van der Waals surface area contributed by atoms with Crippen LogP contribution in [0.25, 0.3) is 0 Å². The van der Waals surface area contributed by atoms with Crippen molar-refractivity contribution in [1.29, 1.82) is 0 Å². The van der Waals surface area contributed by atoms with Gasteiger partial charge in [-0.15, -0.1) is 0 Å². The Hall–Kier alpha value is -0.770. The Morgan fingerprint density at radius 3 is 2.95 bits per heavy atom. The van der Waals surface area contributed by atoms with Crippen molar-refractivity contribution in [3.63, 3.8) is 0 Å². The lowest BCUT2D eigenvalue weighted by Gasteiger charge is -2.34. The summed E-state index contributed by atoms with van der Waals surface area (Å²) in [5.41, 5.74) is 2.36. The predicted molar refractivity (Wildman–Crippen MR) is 85.8 cm³/mol. The fraction of sp³-hybridized carbons (Fsp3) is 0.625. The highest BCUT2D eigenvalue weighted by atomic mass is 35.5. The van der Waals surface area contributed by atoms with Gasteiger partial charge in [-0.2, -0.15) is 0 Å². The minimum atomic E-state index is 0.287. The van der Waals surface area contributed by atoms with Crippen molar-refractivity contribution in [2.45, 2.75) is 38.8 Å². The molecule has 1 heterocycles. The number of halogens is 1. The summed E-state index contributed by atoms with van der Waals surface area (Å²) in [6.45, 7) is 7.23. The highest BCUT2D eigenvalue weighted by Crippen LogP contribution is 2.29. The molecule has 0 aromatic heterocycles. The molecule has 1 aliphatic rings. The number of nitrogens with one attached hydrogen (secondary N) is 1. The second-order valence-corrected chi connectivity index (χ2v) is 5.84. The van der Waals surface area contributed by atoms with Crippen molar-refractivity contribution in [2.24, 2.45) is 0 Å². The first-order valence-corrected chi connectivity index (χ1v) is 7.84. The van der Waals surface area contributed by atoms with Gasteiger partial charge in [-0.1, -0.05) is 24.6 Å². The van der Waals surface area contributed by atoms with Crippen molar-refractivity contribution in [3.05, 3.63) is 28.8 Å². The highest BCUT2D eigenvalue weighted by Gasteiger charge is 2.20. The average Bonchev–Trinajstić information content (AvgIpc) is 2.47. The maximum atomic E-state index is 6.45. The lowest BCUT2D eigenvalue weighted by molar-refractivity contribution is 0.0893. The van der Waals surface area contributed by atoms with Gasteiger partial charge in [-0.3, -0.25) is 0 Å². The zero-order chi connectivity index (χ0) is 14.5. The van der Waals surface area contributed by atoms with Gasteiger partial charge in [0.15, 0.2) is 0 Å². The van der Waals surface area contributed by atoms with Crippen molar-refractivity contribution >= 4 is 17.3 Å². The van der Waals surface area contributed by atoms with Crippen molar-refractivity contribution in [2.75, 3.05) is 31.6 Å². The van der Waals surface area contributed by atoms with E-state index in [0.29, 0.717) is 6.10 Å². The molecule has 1 N–H and O–H groups in total. The Kier molecular flexibility index (Phi) is 5.70. The molecule has 2 rings (SSSR count). The van der Waals surface area contributed by atoms with Gasteiger partial charge in [-0.05, 0) is 44.0 Å². The molecule has 1 aliphatic heterocycles. The Balaban J connectivity index is 2.12. The highest BCUT2D eigenvalue weighted by molar-refractivity contribution is 6.31. The van der Waals surface area contributed by atoms with E-state index in [4.69, 9.17) is 16.3 Å². The first-order valence-electron chi connectivity index (χ1n) is 7.46. The second-order valence-electron chi connectivity index (χ2n) is 5.43. The van der Waals surface area contributed by atoms with Gasteiger partial charge in [0, 0.05) is 37.0 Å². The molecular formula is C16H25ClN2O. The Bertz CT molecular complexity index is 438. The van der Waals surface area contributed by atoms with Gasteiger partial charge in [0.05, 0.1) is 6.10 Å². The van der Waals surface area contributed by atoms with Gasteiger partial charge in [0.1, 0.15) is 0 Å². The number of piperidine rings is 1. The van der Waals surface area contributed by atoms with E-state index < -0.39 is 0 Å². The smallest absolute Gasteiger partial charge is 0.0746 e. The molecule has 3 nitrogen and oxygen atoms in total. The Labute approximate surface area is 127 Å². The Morgan fingerprint density at radius 2 is 2.30 bits per heavy atom. The van der Waals surface area contributed by atoms with Crippen LogP contribution < -0.4 is 10.2 Å². The van der Waals surface area contributed by atoms with Gasteiger partial charge in [-0.25, -0.2) is 0 Å². The van der Waals surface area contributed by atoms with Crippen LogP contribution in [0.2, 0.25) is 5.02 Å². The fourth-order valence-corrected chi connectivity index (χ4v) is 3.18. The molecule has 1 saturated heterocycles. The summed E-state index contributed by atoms with van der Waals surface area (Å²) in [5.74, 6) is 0. The summed E-state index contributed by atoms with van der Waals surface area (Å²) >= 11 is 6.45. The Morgan fingerprint density at radius 1 is 1.50 bits per heavy atom. The SMILES string of the molecule is CCNC(C)c1ccc(N2CCCC(OC)C2)cc1Cl. The number of methoxy groups -OCH3 is 1. The molecule has 0 spiro atoms. The number of nitrogens with zero attached hydrogens (tertiary/aromatic N) is 1. The van der Waals surface area contributed by atoms with Crippen molar-refractivity contribution in [1.82, 2.24) is 5.32 Å². The lowest BCUT2D eigenvalue weighted by Crippen LogP contribution is -2.39. The maximum Gasteiger partial charge on any atom is 0.0746 e. The van der Waals surface area contributed by atoms with Crippen LogP contribution in [0.3, 0.4) is 0 Å². The van der Waals surface area contributed by atoms with Crippen LogP contribution in [0.5, 0.6) is 0 Å². The second kappa shape index (κ2) is 7.30. The van der Waals surface area contributed by atoms with Crippen LogP contribution in [-0.4, -0.2) is 32.8 Å². The summed E-state index contributed by atoms with van der Waals surface area (Å²) in [6, 6.07) is 6.69. The molecule has 2 atom stereocenters. The van der Waals surface area contributed by atoms with E-state index >= 15 is 0 Å². The summed E-state index contributed by atoms with van der Waals surface area (Å²) in [7, 11) is 1.79. The fourth-order valence-electron chi connectivity index (χ4n) is 2.85. The van der Waals surface area contributed by atoms with Crippen LogP contribution >= 0.6 is 11.6 Å². The largest absolute Gasteiger partial charge is 0.380 e. The van der Waals surface area contributed by atoms with Crippen molar-refractivity contribution < 1.29 is 4.74 Å². The maximum absolute atomic E-state index is 6.45. The molecule has 0 radical (unpaired) electrons. The molecule has 0 aliphatic carbocycles. The van der Waals surface area contributed by atoms with E-state index in [9.17, 15) is 0 Å². The molecule has 0 amide bonds.